The van der Waals surface area contributed by atoms with Crippen LogP contribution in [0.3, 0.4) is 0 Å². The number of halogens is 1. The molecule has 4 heteroatoms. The van der Waals surface area contributed by atoms with Gasteiger partial charge < -0.3 is 10.6 Å². The Hall–Kier alpha value is -2.26. The summed E-state index contributed by atoms with van der Waals surface area (Å²) in [6.07, 6.45) is 9.22. The average Bonchev–Trinajstić information content (AvgIpc) is 2.67. The van der Waals surface area contributed by atoms with Gasteiger partial charge in [0, 0.05) is 11.2 Å². The Labute approximate surface area is 160 Å². The Bertz CT molecular complexity index is 783. The minimum Gasteiger partial charge on any atom is -0.331 e. The molecular formula is C22H25ClN2O. The Kier molecular flexibility index (Phi) is 6.35. The summed E-state index contributed by atoms with van der Waals surface area (Å²) in [5.41, 5.74) is 5.07. The summed E-state index contributed by atoms with van der Waals surface area (Å²) in [5.74, 6) is 0. The summed E-state index contributed by atoms with van der Waals surface area (Å²) in [4.78, 5) is 12.2. The molecule has 26 heavy (non-hydrogen) atoms. The second-order valence-corrected chi connectivity index (χ2v) is 7.14. The zero-order valence-electron chi connectivity index (χ0n) is 15.1. The molecule has 0 fully saturated rings. The van der Waals surface area contributed by atoms with Crippen molar-refractivity contribution in [2.45, 2.75) is 45.1 Å². The number of hydrogen-bond acceptors (Lipinski definition) is 1. The monoisotopic (exact) mass is 368 g/mol. The van der Waals surface area contributed by atoms with E-state index in [-0.39, 0.29) is 12.1 Å². The quantitative estimate of drug-likeness (QED) is 0.704. The number of carbonyl (C=O) groups is 1. The van der Waals surface area contributed by atoms with E-state index in [4.69, 9.17) is 11.6 Å². The third-order valence-electron chi connectivity index (χ3n) is 4.85. The van der Waals surface area contributed by atoms with Gasteiger partial charge in [-0.2, -0.15) is 0 Å². The standard InChI is InChI=1S/C22H25ClN2O/c1-2-21(19-10-9-17-5-3-4-6-18(17)15-19)25-22(26)24-14-13-16-7-11-20(23)12-8-16/h7-15,21H,2-6H2,1H3,(H2,24,25,26)/b14-13+. The second-order valence-electron chi connectivity index (χ2n) is 6.70. The van der Waals surface area contributed by atoms with Gasteiger partial charge in [0.15, 0.2) is 0 Å². The van der Waals surface area contributed by atoms with E-state index >= 15 is 0 Å². The minimum atomic E-state index is -0.195. The molecule has 0 aliphatic heterocycles. The lowest BCUT2D eigenvalue weighted by molar-refractivity contribution is 0.240. The zero-order valence-corrected chi connectivity index (χ0v) is 15.9. The molecule has 0 aromatic heterocycles. The summed E-state index contributed by atoms with van der Waals surface area (Å²) in [6.45, 7) is 2.09. The highest BCUT2D eigenvalue weighted by molar-refractivity contribution is 6.30. The van der Waals surface area contributed by atoms with Gasteiger partial charge in [-0.05, 0) is 72.6 Å². The van der Waals surface area contributed by atoms with Crippen LogP contribution in [0.25, 0.3) is 6.08 Å². The lowest BCUT2D eigenvalue weighted by atomic mass is 9.89. The van der Waals surface area contributed by atoms with E-state index < -0.39 is 0 Å². The number of nitrogens with one attached hydrogen (secondary N) is 2. The highest BCUT2D eigenvalue weighted by Crippen LogP contribution is 2.26. The van der Waals surface area contributed by atoms with Gasteiger partial charge in [-0.1, -0.05) is 48.9 Å². The first-order chi connectivity index (χ1) is 12.7. The first-order valence-electron chi connectivity index (χ1n) is 9.26. The number of rotatable bonds is 5. The molecule has 0 heterocycles. The number of hydrogen-bond donors (Lipinski definition) is 2. The van der Waals surface area contributed by atoms with Crippen molar-refractivity contribution >= 4 is 23.7 Å². The van der Waals surface area contributed by atoms with Crippen molar-refractivity contribution in [1.29, 1.82) is 0 Å². The third-order valence-corrected chi connectivity index (χ3v) is 5.10. The number of aryl methyl sites for hydroxylation is 2. The topological polar surface area (TPSA) is 41.1 Å². The summed E-state index contributed by atoms with van der Waals surface area (Å²) >= 11 is 5.87. The molecule has 2 amide bonds. The van der Waals surface area contributed by atoms with Gasteiger partial charge in [-0.15, -0.1) is 0 Å². The number of benzene rings is 2. The minimum absolute atomic E-state index is 0.0196. The van der Waals surface area contributed by atoms with Crippen LogP contribution in [0.1, 0.15) is 54.5 Å². The Balaban J connectivity index is 1.59. The highest BCUT2D eigenvalue weighted by Gasteiger charge is 2.15. The van der Waals surface area contributed by atoms with Crippen LogP contribution < -0.4 is 10.6 Å². The lowest BCUT2D eigenvalue weighted by Gasteiger charge is -2.21. The third kappa shape index (κ3) is 4.89. The van der Waals surface area contributed by atoms with Gasteiger partial charge in [-0.25, -0.2) is 4.79 Å². The van der Waals surface area contributed by atoms with Gasteiger partial charge in [0.05, 0.1) is 6.04 Å². The predicted octanol–water partition coefficient (Wildman–Crippen LogP) is 5.64. The maximum atomic E-state index is 12.2. The highest BCUT2D eigenvalue weighted by atomic mass is 35.5. The summed E-state index contributed by atoms with van der Waals surface area (Å²) < 4.78 is 0. The van der Waals surface area contributed by atoms with Crippen LogP contribution in [0.15, 0.2) is 48.7 Å². The van der Waals surface area contributed by atoms with E-state index in [9.17, 15) is 4.79 Å². The fraction of sp³-hybridized carbons (Fsp3) is 0.318. The fourth-order valence-electron chi connectivity index (χ4n) is 3.38. The van der Waals surface area contributed by atoms with E-state index in [1.807, 2.05) is 30.3 Å². The van der Waals surface area contributed by atoms with Crippen molar-refractivity contribution in [3.8, 4) is 0 Å². The number of carbonyl (C=O) groups excluding carboxylic acids is 1. The van der Waals surface area contributed by atoms with Crippen LogP contribution in [0.2, 0.25) is 5.02 Å². The molecule has 136 valence electrons. The molecular weight excluding hydrogens is 344 g/mol. The van der Waals surface area contributed by atoms with Gasteiger partial charge in [0.2, 0.25) is 0 Å². The summed E-state index contributed by atoms with van der Waals surface area (Å²) in [7, 11) is 0. The fourth-order valence-corrected chi connectivity index (χ4v) is 3.50. The molecule has 2 aromatic carbocycles. The van der Waals surface area contributed by atoms with E-state index in [0.29, 0.717) is 5.02 Å². The number of fused-ring (bicyclic) bond motifs is 1. The zero-order chi connectivity index (χ0) is 18.4. The van der Waals surface area contributed by atoms with Crippen molar-refractivity contribution in [2.75, 3.05) is 0 Å². The predicted molar refractivity (Wildman–Crippen MR) is 108 cm³/mol. The van der Waals surface area contributed by atoms with E-state index in [2.05, 4.69) is 35.8 Å². The number of urea groups is 1. The molecule has 2 aromatic rings. The molecule has 0 saturated carbocycles. The smallest absolute Gasteiger partial charge is 0.319 e. The van der Waals surface area contributed by atoms with E-state index in [0.717, 1.165) is 18.4 Å². The van der Waals surface area contributed by atoms with Crippen LogP contribution in [0, 0.1) is 0 Å². The van der Waals surface area contributed by atoms with Crippen molar-refractivity contribution in [3.05, 3.63) is 75.9 Å². The first-order valence-corrected chi connectivity index (χ1v) is 9.64. The van der Waals surface area contributed by atoms with Crippen LogP contribution in [0.4, 0.5) is 4.79 Å². The molecule has 0 saturated heterocycles. The molecule has 3 nitrogen and oxygen atoms in total. The molecule has 1 atom stereocenters. The van der Waals surface area contributed by atoms with Gasteiger partial charge in [0.1, 0.15) is 0 Å². The average molecular weight is 369 g/mol. The summed E-state index contributed by atoms with van der Waals surface area (Å²) in [6, 6.07) is 13.9. The SMILES string of the molecule is CCC(NC(=O)N/C=C/c1ccc(Cl)cc1)c1ccc2c(c1)CCCC2. The van der Waals surface area contributed by atoms with Crippen LogP contribution in [-0.2, 0) is 12.8 Å². The van der Waals surface area contributed by atoms with Crippen LogP contribution in [0.5, 0.6) is 0 Å². The van der Waals surface area contributed by atoms with Crippen LogP contribution in [-0.4, -0.2) is 6.03 Å². The molecule has 2 N–H and O–H groups in total. The normalized spacial score (nSPS) is 14.7. The first kappa shape index (κ1) is 18.5. The Morgan fingerprint density at radius 1 is 1.12 bits per heavy atom. The van der Waals surface area contributed by atoms with Crippen molar-refractivity contribution in [2.24, 2.45) is 0 Å². The maximum Gasteiger partial charge on any atom is 0.319 e. The summed E-state index contributed by atoms with van der Waals surface area (Å²) in [5, 5.41) is 6.54. The van der Waals surface area contributed by atoms with E-state index in [1.54, 1.807) is 6.20 Å². The Morgan fingerprint density at radius 3 is 2.58 bits per heavy atom. The molecule has 1 aliphatic carbocycles. The molecule has 0 radical (unpaired) electrons. The largest absolute Gasteiger partial charge is 0.331 e. The second kappa shape index (κ2) is 8.91. The molecule has 0 spiro atoms. The van der Waals surface area contributed by atoms with Crippen molar-refractivity contribution < 1.29 is 4.79 Å². The maximum absolute atomic E-state index is 12.2. The molecule has 0 bridgehead atoms. The van der Waals surface area contributed by atoms with Crippen molar-refractivity contribution in [1.82, 2.24) is 10.6 Å². The number of amides is 2. The Morgan fingerprint density at radius 2 is 1.85 bits per heavy atom. The lowest BCUT2D eigenvalue weighted by Crippen LogP contribution is -2.35. The van der Waals surface area contributed by atoms with Gasteiger partial charge in [-0.3, -0.25) is 0 Å². The van der Waals surface area contributed by atoms with Crippen LogP contribution >= 0.6 is 11.6 Å². The van der Waals surface area contributed by atoms with Gasteiger partial charge in [0.25, 0.3) is 0 Å². The molecule has 3 rings (SSSR count). The molecule has 1 aliphatic rings. The van der Waals surface area contributed by atoms with Gasteiger partial charge >= 0.3 is 6.03 Å². The molecule has 1 unspecified atom stereocenters. The van der Waals surface area contributed by atoms with Crippen molar-refractivity contribution in [3.63, 3.8) is 0 Å². The van der Waals surface area contributed by atoms with E-state index in [1.165, 1.54) is 36.0 Å².